The van der Waals surface area contributed by atoms with Crippen LogP contribution >= 0.6 is 0 Å². The van der Waals surface area contributed by atoms with Crippen LogP contribution in [0.5, 0.6) is 5.75 Å². The monoisotopic (exact) mass is 270 g/mol. The summed E-state index contributed by atoms with van der Waals surface area (Å²) in [5.74, 6) is 0.584. The van der Waals surface area contributed by atoms with Gasteiger partial charge in [-0.3, -0.25) is 4.79 Å². The van der Waals surface area contributed by atoms with E-state index in [1.54, 1.807) is 31.4 Å². The van der Waals surface area contributed by atoms with Crippen LogP contribution in [0.25, 0.3) is 0 Å². The summed E-state index contributed by atoms with van der Waals surface area (Å²) in [6, 6.07) is 14.5. The van der Waals surface area contributed by atoms with Crippen molar-refractivity contribution in [1.82, 2.24) is 5.32 Å². The van der Waals surface area contributed by atoms with Crippen molar-refractivity contribution in [2.45, 2.75) is 13.0 Å². The van der Waals surface area contributed by atoms with Crippen molar-refractivity contribution >= 4 is 11.6 Å². The van der Waals surface area contributed by atoms with Gasteiger partial charge in [-0.2, -0.15) is 0 Å². The molecule has 0 aliphatic heterocycles. The maximum absolute atomic E-state index is 12.2. The summed E-state index contributed by atoms with van der Waals surface area (Å²) in [7, 11) is 1.62. The number of hydrogen-bond donors (Lipinski definition) is 2. The Kier molecular flexibility index (Phi) is 4.25. The number of carbonyl (C=O) groups excluding carboxylic acids is 1. The number of amides is 1. The predicted molar refractivity (Wildman–Crippen MR) is 79.7 cm³/mol. The first-order chi connectivity index (χ1) is 9.61. The van der Waals surface area contributed by atoms with Gasteiger partial charge in [0.2, 0.25) is 0 Å². The molecule has 0 unspecified atom stereocenters. The summed E-state index contributed by atoms with van der Waals surface area (Å²) in [5, 5.41) is 2.93. The number of carbonyl (C=O) groups is 1. The molecule has 2 aromatic rings. The van der Waals surface area contributed by atoms with Gasteiger partial charge in [0.05, 0.1) is 18.7 Å². The van der Waals surface area contributed by atoms with Crippen molar-refractivity contribution in [3.05, 3.63) is 59.7 Å². The standard InChI is InChI=1S/C16H18N2O2/c1-11(12-6-5-7-13(10-12)20-2)18-16(19)14-8-3-4-9-15(14)17/h3-11H,17H2,1-2H3,(H,18,19)/t11-/m0/s1. The minimum absolute atomic E-state index is 0.128. The zero-order chi connectivity index (χ0) is 14.5. The molecule has 0 aliphatic carbocycles. The molecule has 0 saturated heterocycles. The predicted octanol–water partition coefficient (Wildman–Crippen LogP) is 2.77. The molecule has 1 amide bonds. The molecular weight excluding hydrogens is 252 g/mol. The molecule has 20 heavy (non-hydrogen) atoms. The molecule has 2 rings (SSSR count). The summed E-state index contributed by atoms with van der Waals surface area (Å²) in [4.78, 5) is 12.2. The van der Waals surface area contributed by atoms with Crippen molar-refractivity contribution in [3.8, 4) is 5.75 Å². The highest BCUT2D eigenvalue weighted by Crippen LogP contribution is 2.20. The first kappa shape index (κ1) is 13.9. The fraction of sp³-hybridized carbons (Fsp3) is 0.188. The van der Waals surface area contributed by atoms with Gasteiger partial charge in [-0.1, -0.05) is 24.3 Å². The minimum Gasteiger partial charge on any atom is -0.497 e. The van der Waals surface area contributed by atoms with Gasteiger partial charge in [0, 0.05) is 5.69 Å². The highest BCUT2D eigenvalue weighted by atomic mass is 16.5. The highest BCUT2D eigenvalue weighted by molar-refractivity contribution is 5.99. The number of rotatable bonds is 4. The molecule has 0 aliphatic rings. The fourth-order valence-electron chi connectivity index (χ4n) is 1.97. The number of hydrogen-bond acceptors (Lipinski definition) is 3. The number of anilines is 1. The third kappa shape index (κ3) is 3.09. The van der Waals surface area contributed by atoms with Crippen molar-refractivity contribution in [1.29, 1.82) is 0 Å². The zero-order valence-corrected chi connectivity index (χ0v) is 11.6. The molecule has 0 radical (unpaired) electrons. The van der Waals surface area contributed by atoms with Crippen LogP contribution in [-0.2, 0) is 0 Å². The molecule has 0 saturated carbocycles. The van der Waals surface area contributed by atoms with Crippen molar-refractivity contribution < 1.29 is 9.53 Å². The first-order valence-electron chi connectivity index (χ1n) is 6.41. The molecule has 0 aromatic heterocycles. The van der Waals surface area contributed by atoms with Gasteiger partial charge in [0.15, 0.2) is 0 Å². The van der Waals surface area contributed by atoms with Crippen LogP contribution in [0.1, 0.15) is 28.9 Å². The number of nitrogen functional groups attached to an aromatic ring is 1. The summed E-state index contributed by atoms with van der Waals surface area (Å²) >= 11 is 0. The van der Waals surface area contributed by atoms with E-state index < -0.39 is 0 Å². The van der Waals surface area contributed by atoms with E-state index in [9.17, 15) is 4.79 Å². The molecule has 0 fully saturated rings. The van der Waals surface area contributed by atoms with Crippen molar-refractivity contribution in [2.75, 3.05) is 12.8 Å². The highest BCUT2D eigenvalue weighted by Gasteiger charge is 2.13. The van der Waals surface area contributed by atoms with Crippen molar-refractivity contribution in [3.63, 3.8) is 0 Å². The van der Waals surface area contributed by atoms with E-state index in [-0.39, 0.29) is 11.9 Å². The van der Waals surface area contributed by atoms with Gasteiger partial charge < -0.3 is 15.8 Å². The summed E-state index contributed by atoms with van der Waals surface area (Å²) < 4.78 is 5.18. The number of nitrogens with two attached hydrogens (primary N) is 1. The van der Waals surface area contributed by atoms with Crippen LogP contribution in [0.15, 0.2) is 48.5 Å². The van der Waals surface area contributed by atoms with Crippen LogP contribution in [0.3, 0.4) is 0 Å². The van der Waals surface area contributed by atoms with Gasteiger partial charge in [-0.25, -0.2) is 0 Å². The Balaban J connectivity index is 2.13. The molecule has 4 heteroatoms. The summed E-state index contributed by atoms with van der Waals surface area (Å²) in [6.07, 6.45) is 0. The lowest BCUT2D eigenvalue weighted by atomic mass is 10.1. The second-order valence-corrected chi connectivity index (χ2v) is 4.56. The van der Waals surface area contributed by atoms with Crippen LogP contribution in [0.2, 0.25) is 0 Å². The fourth-order valence-corrected chi connectivity index (χ4v) is 1.97. The largest absolute Gasteiger partial charge is 0.497 e. The Bertz CT molecular complexity index is 611. The molecular formula is C16H18N2O2. The number of benzene rings is 2. The van der Waals surface area contributed by atoms with E-state index in [0.29, 0.717) is 11.3 Å². The van der Waals surface area contributed by atoms with E-state index in [1.807, 2.05) is 31.2 Å². The third-order valence-corrected chi connectivity index (χ3v) is 3.15. The summed E-state index contributed by atoms with van der Waals surface area (Å²) in [5.41, 5.74) is 7.74. The second-order valence-electron chi connectivity index (χ2n) is 4.56. The van der Waals surface area contributed by atoms with E-state index in [0.717, 1.165) is 11.3 Å². The van der Waals surface area contributed by atoms with Crippen LogP contribution in [0, 0.1) is 0 Å². The molecule has 2 aromatic carbocycles. The number of methoxy groups -OCH3 is 1. The Labute approximate surface area is 118 Å². The van der Waals surface area contributed by atoms with Gasteiger partial charge >= 0.3 is 0 Å². The summed E-state index contributed by atoms with van der Waals surface area (Å²) in [6.45, 7) is 1.92. The lowest BCUT2D eigenvalue weighted by Gasteiger charge is -2.16. The number of ether oxygens (including phenoxy) is 1. The number of nitrogens with one attached hydrogen (secondary N) is 1. The molecule has 0 spiro atoms. The average Bonchev–Trinajstić information content (AvgIpc) is 2.47. The van der Waals surface area contributed by atoms with Crippen LogP contribution in [-0.4, -0.2) is 13.0 Å². The first-order valence-corrected chi connectivity index (χ1v) is 6.41. The van der Waals surface area contributed by atoms with Gasteiger partial charge in [0.25, 0.3) is 5.91 Å². The van der Waals surface area contributed by atoms with Gasteiger partial charge in [0.1, 0.15) is 5.75 Å². The molecule has 0 bridgehead atoms. The zero-order valence-electron chi connectivity index (χ0n) is 11.6. The SMILES string of the molecule is COc1cccc([C@H](C)NC(=O)c2ccccc2N)c1. The maximum Gasteiger partial charge on any atom is 0.253 e. The van der Waals surface area contributed by atoms with Gasteiger partial charge in [-0.15, -0.1) is 0 Å². The van der Waals surface area contributed by atoms with Gasteiger partial charge in [-0.05, 0) is 36.8 Å². The Morgan fingerprint density at radius 1 is 1.20 bits per heavy atom. The average molecular weight is 270 g/mol. The molecule has 1 atom stereocenters. The topological polar surface area (TPSA) is 64.3 Å². The van der Waals surface area contributed by atoms with E-state index in [1.165, 1.54) is 0 Å². The van der Waals surface area contributed by atoms with E-state index >= 15 is 0 Å². The smallest absolute Gasteiger partial charge is 0.253 e. The molecule has 4 nitrogen and oxygen atoms in total. The normalized spacial score (nSPS) is 11.7. The van der Waals surface area contributed by atoms with Crippen LogP contribution in [0.4, 0.5) is 5.69 Å². The Hall–Kier alpha value is -2.49. The quantitative estimate of drug-likeness (QED) is 0.840. The molecule has 0 heterocycles. The second kappa shape index (κ2) is 6.10. The third-order valence-electron chi connectivity index (χ3n) is 3.15. The van der Waals surface area contributed by atoms with E-state index in [4.69, 9.17) is 10.5 Å². The van der Waals surface area contributed by atoms with Crippen molar-refractivity contribution in [2.24, 2.45) is 0 Å². The van der Waals surface area contributed by atoms with E-state index in [2.05, 4.69) is 5.32 Å². The lowest BCUT2D eigenvalue weighted by molar-refractivity contribution is 0.0940. The Morgan fingerprint density at radius 2 is 1.95 bits per heavy atom. The molecule has 3 N–H and O–H groups in total. The van der Waals surface area contributed by atoms with Crippen LogP contribution < -0.4 is 15.8 Å². The molecule has 104 valence electrons. The Morgan fingerprint density at radius 3 is 2.65 bits per heavy atom. The minimum atomic E-state index is -0.182. The number of para-hydroxylation sites is 1. The lowest BCUT2D eigenvalue weighted by Crippen LogP contribution is -2.27. The maximum atomic E-state index is 12.2.